The minimum Gasteiger partial charge on any atom is -0.497 e. The quantitative estimate of drug-likeness (QED) is 0.699. The summed E-state index contributed by atoms with van der Waals surface area (Å²) >= 11 is 0. The van der Waals surface area contributed by atoms with E-state index in [9.17, 15) is 4.79 Å². The Bertz CT molecular complexity index is 322. The molecule has 0 unspecified atom stereocenters. The van der Waals surface area contributed by atoms with E-state index >= 15 is 0 Å². The van der Waals surface area contributed by atoms with Crippen molar-refractivity contribution >= 4 is 5.91 Å². The van der Waals surface area contributed by atoms with E-state index < -0.39 is 0 Å². The molecule has 0 atom stereocenters. The maximum atomic E-state index is 11.4. The van der Waals surface area contributed by atoms with Gasteiger partial charge in [0.25, 0.3) is 0 Å². The second kappa shape index (κ2) is 6.85. The summed E-state index contributed by atoms with van der Waals surface area (Å²) in [6, 6.07) is 7.39. The number of hydrogen-bond donors (Lipinski definition) is 2. The molecule has 1 rings (SSSR count). The number of carbonyl (C=O) groups excluding carboxylic acids is 1. The van der Waals surface area contributed by atoms with Crippen LogP contribution in [0, 0.1) is 0 Å². The predicted molar refractivity (Wildman–Crippen MR) is 61.4 cm³/mol. The summed E-state index contributed by atoms with van der Waals surface area (Å²) in [4.78, 5) is 11.4. The van der Waals surface area contributed by atoms with Crippen LogP contribution in [0.2, 0.25) is 0 Å². The van der Waals surface area contributed by atoms with E-state index in [-0.39, 0.29) is 12.5 Å². The molecule has 16 heavy (non-hydrogen) atoms. The van der Waals surface area contributed by atoms with Gasteiger partial charge in [0.2, 0.25) is 5.91 Å². The normalized spacial score (nSPS) is 9.88. The second-order valence-corrected chi connectivity index (χ2v) is 3.45. The van der Waals surface area contributed by atoms with Crippen LogP contribution in [0.1, 0.15) is 12.0 Å². The Labute approximate surface area is 95.2 Å². The van der Waals surface area contributed by atoms with Crippen LogP contribution in [0.15, 0.2) is 24.3 Å². The van der Waals surface area contributed by atoms with E-state index in [0.717, 1.165) is 11.3 Å². The van der Waals surface area contributed by atoms with E-state index in [1.54, 1.807) is 7.11 Å². The predicted octanol–water partition coefficient (Wildman–Crippen LogP) is 0.736. The number of ether oxygens (including phenoxy) is 1. The third kappa shape index (κ3) is 4.31. The lowest BCUT2D eigenvalue weighted by Gasteiger charge is -2.05. The van der Waals surface area contributed by atoms with Gasteiger partial charge in [0.1, 0.15) is 5.75 Å². The molecule has 0 aliphatic rings. The monoisotopic (exact) mass is 223 g/mol. The molecular formula is C12H17NO3. The van der Waals surface area contributed by atoms with Gasteiger partial charge in [-0.1, -0.05) is 12.1 Å². The van der Waals surface area contributed by atoms with Crippen LogP contribution in [-0.2, 0) is 11.2 Å². The molecule has 0 radical (unpaired) electrons. The second-order valence-electron chi connectivity index (χ2n) is 3.45. The lowest BCUT2D eigenvalue weighted by atomic mass is 10.1. The summed E-state index contributed by atoms with van der Waals surface area (Å²) in [5.74, 6) is 0.753. The van der Waals surface area contributed by atoms with Crippen LogP contribution >= 0.6 is 0 Å². The molecule has 88 valence electrons. The van der Waals surface area contributed by atoms with Crippen LogP contribution in [0.25, 0.3) is 0 Å². The van der Waals surface area contributed by atoms with E-state index in [1.807, 2.05) is 24.3 Å². The Morgan fingerprint density at radius 1 is 1.38 bits per heavy atom. The first-order chi connectivity index (χ1) is 7.76. The lowest BCUT2D eigenvalue weighted by Crippen LogP contribution is -2.26. The van der Waals surface area contributed by atoms with Gasteiger partial charge in [0.05, 0.1) is 13.5 Å². The van der Waals surface area contributed by atoms with Crippen molar-refractivity contribution in [2.24, 2.45) is 0 Å². The number of hydrogen-bond acceptors (Lipinski definition) is 3. The summed E-state index contributed by atoms with van der Waals surface area (Å²) in [5.41, 5.74) is 0.947. The fourth-order valence-corrected chi connectivity index (χ4v) is 1.30. The van der Waals surface area contributed by atoms with Crippen LogP contribution in [0.4, 0.5) is 0 Å². The zero-order valence-electron chi connectivity index (χ0n) is 9.40. The van der Waals surface area contributed by atoms with Crippen molar-refractivity contribution in [2.75, 3.05) is 20.3 Å². The third-order valence-electron chi connectivity index (χ3n) is 2.18. The molecule has 1 amide bonds. The molecule has 4 nitrogen and oxygen atoms in total. The molecule has 0 bridgehead atoms. The Hall–Kier alpha value is -1.55. The summed E-state index contributed by atoms with van der Waals surface area (Å²) in [7, 11) is 1.61. The minimum atomic E-state index is -0.0291. The van der Waals surface area contributed by atoms with Crippen LogP contribution < -0.4 is 10.1 Å². The fraction of sp³-hybridized carbons (Fsp3) is 0.417. The van der Waals surface area contributed by atoms with Gasteiger partial charge in [-0.15, -0.1) is 0 Å². The molecule has 4 heteroatoms. The van der Waals surface area contributed by atoms with Crippen LogP contribution in [-0.4, -0.2) is 31.3 Å². The molecule has 0 aliphatic heterocycles. The first-order valence-electron chi connectivity index (χ1n) is 5.26. The van der Waals surface area contributed by atoms with E-state index in [1.165, 1.54) is 0 Å². The summed E-state index contributed by atoms with van der Waals surface area (Å²) in [6.07, 6.45) is 0.948. The molecule has 0 fully saturated rings. The molecule has 0 aromatic heterocycles. The number of aliphatic hydroxyl groups excluding tert-OH is 1. The number of carbonyl (C=O) groups is 1. The maximum Gasteiger partial charge on any atom is 0.224 e. The number of benzene rings is 1. The highest BCUT2D eigenvalue weighted by Crippen LogP contribution is 2.11. The number of rotatable bonds is 6. The molecule has 0 spiro atoms. The van der Waals surface area contributed by atoms with E-state index in [2.05, 4.69) is 5.32 Å². The van der Waals surface area contributed by atoms with Gasteiger partial charge in [0.15, 0.2) is 0 Å². The molecular weight excluding hydrogens is 206 g/mol. The summed E-state index contributed by atoms with van der Waals surface area (Å²) in [6.45, 7) is 0.619. The van der Waals surface area contributed by atoms with Crippen molar-refractivity contribution in [1.29, 1.82) is 0 Å². The minimum absolute atomic E-state index is 0.0291. The van der Waals surface area contributed by atoms with Crippen molar-refractivity contribution in [3.63, 3.8) is 0 Å². The highest BCUT2D eigenvalue weighted by molar-refractivity contribution is 5.78. The smallest absolute Gasteiger partial charge is 0.224 e. The standard InChI is InChI=1S/C12H17NO3/c1-16-11-5-3-10(4-6-11)9-12(15)13-7-2-8-14/h3-6,14H,2,7-9H2,1H3,(H,13,15). The SMILES string of the molecule is COc1ccc(CC(=O)NCCCO)cc1. The molecule has 0 aliphatic carbocycles. The van der Waals surface area contributed by atoms with Gasteiger partial charge in [-0.3, -0.25) is 4.79 Å². The first kappa shape index (κ1) is 12.5. The zero-order valence-corrected chi connectivity index (χ0v) is 9.40. The van der Waals surface area contributed by atoms with Crippen molar-refractivity contribution in [1.82, 2.24) is 5.32 Å². The van der Waals surface area contributed by atoms with Crippen molar-refractivity contribution < 1.29 is 14.6 Å². The molecule has 1 aromatic carbocycles. The van der Waals surface area contributed by atoms with E-state index in [4.69, 9.17) is 9.84 Å². The van der Waals surface area contributed by atoms with Gasteiger partial charge in [-0.05, 0) is 24.1 Å². The average molecular weight is 223 g/mol. The topological polar surface area (TPSA) is 58.6 Å². The number of aliphatic hydroxyl groups is 1. The molecule has 1 aromatic rings. The maximum absolute atomic E-state index is 11.4. The highest BCUT2D eigenvalue weighted by Gasteiger charge is 2.02. The van der Waals surface area contributed by atoms with Gasteiger partial charge in [0, 0.05) is 13.2 Å². The largest absolute Gasteiger partial charge is 0.497 e. The molecule has 0 saturated carbocycles. The van der Waals surface area contributed by atoms with Crippen LogP contribution in [0.5, 0.6) is 5.75 Å². The van der Waals surface area contributed by atoms with E-state index in [0.29, 0.717) is 19.4 Å². The van der Waals surface area contributed by atoms with Crippen molar-refractivity contribution in [3.8, 4) is 5.75 Å². The number of nitrogens with one attached hydrogen (secondary N) is 1. The Kier molecular flexibility index (Phi) is 5.36. The van der Waals surface area contributed by atoms with Crippen LogP contribution in [0.3, 0.4) is 0 Å². The van der Waals surface area contributed by atoms with Gasteiger partial charge in [-0.2, -0.15) is 0 Å². The summed E-state index contributed by atoms with van der Waals surface area (Å²) in [5, 5.41) is 11.3. The van der Waals surface area contributed by atoms with Gasteiger partial charge < -0.3 is 15.2 Å². The van der Waals surface area contributed by atoms with Gasteiger partial charge >= 0.3 is 0 Å². The average Bonchev–Trinajstić information content (AvgIpc) is 2.30. The molecule has 0 heterocycles. The zero-order chi connectivity index (χ0) is 11.8. The summed E-state index contributed by atoms with van der Waals surface area (Å²) < 4.78 is 5.03. The fourth-order valence-electron chi connectivity index (χ4n) is 1.30. The lowest BCUT2D eigenvalue weighted by molar-refractivity contribution is -0.120. The third-order valence-corrected chi connectivity index (χ3v) is 2.18. The van der Waals surface area contributed by atoms with Crippen molar-refractivity contribution in [2.45, 2.75) is 12.8 Å². The first-order valence-corrected chi connectivity index (χ1v) is 5.26. The Balaban J connectivity index is 2.37. The number of amides is 1. The number of methoxy groups -OCH3 is 1. The highest BCUT2D eigenvalue weighted by atomic mass is 16.5. The Morgan fingerprint density at radius 3 is 2.62 bits per heavy atom. The van der Waals surface area contributed by atoms with Gasteiger partial charge in [-0.25, -0.2) is 0 Å². The molecule has 0 saturated heterocycles. The Morgan fingerprint density at radius 2 is 2.06 bits per heavy atom. The molecule has 2 N–H and O–H groups in total. The van der Waals surface area contributed by atoms with Crippen molar-refractivity contribution in [3.05, 3.63) is 29.8 Å².